The SMILES string of the molecule is CC(C)(C)OC(=O)N1CC[C@@H](C(=O)C(F)(F)F)C(=O)C1. The fraction of sp³-hybridized carbons (Fsp3) is 0.750. The van der Waals surface area contributed by atoms with Gasteiger partial charge in [-0.15, -0.1) is 0 Å². The van der Waals surface area contributed by atoms with Crippen LogP contribution in [-0.4, -0.2) is 47.4 Å². The Kier molecular flexibility index (Phi) is 4.45. The van der Waals surface area contributed by atoms with Crippen molar-refractivity contribution in [3.63, 3.8) is 0 Å². The topological polar surface area (TPSA) is 63.7 Å². The van der Waals surface area contributed by atoms with Crippen LogP contribution in [0.3, 0.4) is 0 Å². The third kappa shape index (κ3) is 4.21. The summed E-state index contributed by atoms with van der Waals surface area (Å²) in [7, 11) is 0. The smallest absolute Gasteiger partial charge is 0.444 e. The van der Waals surface area contributed by atoms with Crippen molar-refractivity contribution >= 4 is 17.7 Å². The lowest BCUT2D eigenvalue weighted by Gasteiger charge is -2.32. The number of carbonyl (C=O) groups excluding carboxylic acids is 3. The minimum atomic E-state index is -5.03. The molecule has 0 aromatic heterocycles. The van der Waals surface area contributed by atoms with Gasteiger partial charge in [-0.05, 0) is 27.2 Å². The molecule has 0 aromatic carbocycles. The lowest BCUT2D eigenvalue weighted by molar-refractivity contribution is -0.178. The molecule has 20 heavy (non-hydrogen) atoms. The van der Waals surface area contributed by atoms with Crippen LogP contribution in [0.5, 0.6) is 0 Å². The maximum absolute atomic E-state index is 12.3. The van der Waals surface area contributed by atoms with Crippen LogP contribution >= 0.6 is 0 Å². The highest BCUT2D eigenvalue weighted by Crippen LogP contribution is 2.26. The molecule has 1 rings (SSSR count). The Bertz CT molecular complexity index is 425. The summed E-state index contributed by atoms with van der Waals surface area (Å²) in [5.41, 5.74) is -0.765. The molecule has 1 heterocycles. The summed E-state index contributed by atoms with van der Waals surface area (Å²) in [5.74, 6) is -4.68. The van der Waals surface area contributed by atoms with Gasteiger partial charge in [-0.2, -0.15) is 13.2 Å². The maximum Gasteiger partial charge on any atom is 0.450 e. The standard InChI is InChI=1S/C12H16F3NO4/c1-11(2,3)20-10(19)16-5-4-7(8(17)6-16)9(18)12(13,14)15/h7H,4-6H2,1-3H3/t7-/m1/s1. The number of amides is 1. The fourth-order valence-corrected chi connectivity index (χ4v) is 1.78. The zero-order valence-corrected chi connectivity index (χ0v) is 11.4. The number of likely N-dealkylation sites (tertiary alicyclic amines) is 1. The summed E-state index contributed by atoms with van der Waals surface area (Å²) in [5, 5.41) is 0. The Labute approximate surface area is 114 Å². The number of halogens is 3. The molecule has 0 unspecified atom stereocenters. The second-order valence-electron chi connectivity index (χ2n) is 5.57. The number of piperidine rings is 1. The van der Waals surface area contributed by atoms with Gasteiger partial charge in [0.05, 0.1) is 12.5 Å². The van der Waals surface area contributed by atoms with Crippen LogP contribution in [0.1, 0.15) is 27.2 Å². The maximum atomic E-state index is 12.3. The summed E-state index contributed by atoms with van der Waals surface area (Å²) in [6.07, 6.45) is -6.14. The molecule has 0 aliphatic carbocycles. The molecule has 1 amide bonds. The number of carbonyl (C=O) groups is 3. The van der Waals surface area contributed by atoms with Gasteiger partial charge in [0.1, 0.15) is 5.60 Å². The van der Waals surface area contributed by atoms with Gasteiger partial charge < -0.3 is 9.64 Å². The second-order valence-corrected chi connectivity index (χ2v) is 5.57. The molecule has 0 aromatic rings. The van der Waals surface area contributed by atoms with Crippen molar-refractivity contribution in [1.29, 1.82) is 0 Å². The largest absolute Gasteiger partial charge is 0.450 e. The molecular formula is C12H16F3NO4. The van der Waals surface area contributed by atoms with Crippen LogP contribution in [0, 0.1) is 5.92 Å². The van der Waals surface area contributed by atoms with Gasteiger partial charge in [-0.3, -0.25) is 9.59 Å². The second kappa shape index (κ2) is 5.41. The van der Waals surface area contributed by atoms with Gasteiger partial charge in [-0.25, -0.2) is 4.79 Å². The normalized spacial score (nSPS) is 20.8. The number of Topliss-reactive ketones (excluding diaryl/α,β-unsaturated/α-hetero) is 2. The molecule has 1 aliphatic rings. The molecular weight excluding hydrogens is 279 g/mol. The molecule has 8 heteroatoms. The first kappa shape index (κ1) is 16.5. The number of hydrogen-bond donors (Lipinski definition) is 0. The van der Waals surface area contributed by atoms with Crippen molar-refractivity contribution in [2.45, 2.75) is 39.0 Å². The van der Waals surface area contributed by atoms with Crippen LogP contribution < -0.4 is 0 Å². The zero-order chi connectivity index (χ0) is 15.7. The van der Waals surface area contributed by atoms with Crippen LogP contribution in [0.25, 0.3) is 0 Å². The molecule has 0 radical (unpaired) electrons. The number of ketones is 2. The summed E-state index contributed by atoms with van der Waals surface area (Å²) in [6, 6.07) is 0. The van der Waals surface area contributed by atoms with Crippen LogP contribution in [0.2, 0.25) is 0 Å². The van der Waals surface area contributed by atoms with Crippen LogP contribution in [0.4, 0.5) is 18.0 Å². The minimum absolute atomic E-state index is 0.118. The third-order valence-electron chi connectivity index (χ3n) is 2.67. The number of alkyl halides is 3. The Morgan fingerprint density at radius 3 is 2.20 bits per heavy atom. The van der Waals surface area contributed by atoms with Crippen LogP contribution in [0.15, 0.2) is 0 Å². The average molecular weight is 295 g/mol. The van der Waals surface area contributed by atoms with E-state index in [0.29, 0.717) is 0 Å². The average Bonchev–Trinajstić information content (AvgIpc) is 2.24. The van der Waals surface area contributed by atoms with E-state index >= 15 is 0 Å². The molecule has 1 atom stereocenters. The van der Waals surface area contributed by atoms with Crippen molar-refractivity contribution in [1.82, 2.24) is 4.90 Å². The summed E-state index contributed by atoms with van der Waals surface area (Å²) < 4.78 is 41.9. The van der Waals surface area contributed by atoms with E-state index in [1.165, 1.54) is 0 Å². The molecule has 1 fully saturated rings. The quantitative estimate of drug-likeness (QED) is 0.694. The molecule has 0 saturated carbocycles. The number of ether oxygens (including phenoxy) is 1. The van der Waals surface area contributed by atoms with Gasteiger partial charge >= 0.3 is 12.3 Å². The predicted molar refractivity (Wildman–Crippen MR) is 62.0 cm³/mol. The first-order valence-electron chi connectivity index (χ1n) is 6.03. The Morgan fingerprint density at radius 1 is 1.25 bits per heavy atom. The van der Waals surface area contributed by atoms with Gasteiger partial charge in [0, 0.05) is 6.54 Å². The van der Waals surface area contributed by atoms with Gasteiger partial charge in [-0.1, -0.05) is 0 Å². The van der Waals surface area contributed by atoms with Crippen molar-refractivity contribution in [3.8, 4) is 0 Å². The van der Waals surface area contributed by atoms with Crippen LogP contribution in [-0.2, 0) is 14.3 Å². The van der Waals surface area contributed by atoms with Crippen molar-refractivity contribution in [2.24, 2.45) is 5.92 Å². The highest BCUT2D eigenvalue weighted by molar-refractivity contribution is 6.06. The molecule has 5 nitrogen and oxygen atoms in total. The first-order valence-corrected chi connectivity index (χ1v) is 6.03. The lowest BCUT2D eigenvalue weighted by atomic mass is 9.91. The third-order valence-corrected chi connectivity index (χ3v) is 2.67. The summed E-state index contributed by atoms with van der Waals surface area (Å²) in [6.45, 7) is 4.24. The van der Waals surface area contributed by atoms with Gasteiger partial charge in [0.2, 0.25) is 5.78 Å². The molecule has 0 bridgehead atoms. The fourth-order valence-electron chi connectivity index (χ4n) is 1.78. The predicted octanol–water partition coefficient (Wildman–Crippen LogP) is 1.94. The van der Waals surface area contributed by atoms with Crippen molar-refractivity contribution in [3.05, 3.63) is 0 Å². The van der Waals surface area contributed by atoms with E-state index in [-0.39, 0.29) is 13.0 Å². The summed E-state index contributed by atoms with van der Waals surface area (Å²) >= 11 is 0. The molecule has 0 spiro atoms. The van der Waals surface area contributed by atoms with Crippen molar-refractivity contribution < 1.29 is 32.3 Å². The van der Waals surface area contributed by atoms with E-state index in [0.717, 1.165) is 4.90 Å². The van der Waals surface area contributed by atoms with E-state index in [1.54, 1.807) is 20.8 Å². The van der Waals surface area contributed by atoms with E-state index in [4.69, 9.17) is 4.74 Å². The summed E-state index contributed by atoms with van der Waals surface area (Å²) in [4.78, 5) is 35.3. The van der Waals surface area contributed by atoms with Crippen molar-refractivity contribution in [2.75, 3.05) is 13.1 Å². The molecule has 114 valence electrons. The van der Waals surface area contributed by atoms with E-state index in [9.17, 15) is 27.6 Å². The highest BCUT2D eigenvalue weighted by atomic mass is 19.4. The van der Waals surface area contributed by atoms with E-state index < -0.39 is 41.9 Å². The van der Waals surface area contributed by atoms with E-state index in [2.05, 4.69) is 0 Å². The first-order chi connectivity index (χ1) is 8.92. The van der Waals surface area contributed by atoms with Gasteiger partial charge in [0.15, 0.2) is 5.78 Å². The monoisotopic (exact) mass is 295 g/mol. The van der Waals surface area contributed by atoms with Gasteiger partial charge in [0.25, 0.3) is 0 Å². The minimum Gasteiger partial charge on any atom is -0.444 e. The number of nitrogens with zero attached hydrogens (tertiary/aromatic N) is 1. The number of rotatable bonds is 1. The molecule has 0 N–H and O–H groups in total. The Hall–Kier alpha value is -1.60. The van der Waals surface area contributed by atoms with E-state index in [1.807, 2.05) is 0 Å². The Balaban J connectivity index is 2.67. The highest BCUT2D eigenvalue weighted by Gasteiger charge is 2.48. The Morgan fingerprint density at radius 2 is 1.80 bits per heavy atom. The number of hydrogen-bond acceptors (Lipinski definition) is 4. The molecule has 1 saturated heterocycles. The molecule has 1 aliphatic heterocycles. The zero-order valence-electron chi connectivity index (χ0n) is 11.4. The lowest BCUT2D eigenvalue weighted by Crippen LogP contribution is -2.50.